The van der Waals surface area contributed by atoms with Gasteiger partial charge in [-0.3, -0.25) is 0 Å². The second-order valence-electron chi connectivity index (χ2n) is 4.50. The van der Waals surface area contributed by atoms with Crippen molar-refractivity contribution in [1.29, 1.82) is 0 Å². The van der Waals surface area contributed by atoms with Gasteiger partial charge in [0.2, 0.25) is 0 Å². The van der Waals surface area contributed by atoms with Crippen molar-refractivity contribution in [3.8, 4) is 0 Å². The second-order valence-corrected chi connectivity index (χ2v) is 4.50. The third-order valence-corrected chi connectivity index (χ3v) is 3.05. The molecule has 2 aromatic rings. The summed E-state index contributed by atoms with van der Waals surface area (Å²) >= 11 is 0. The number of nitrogens with two attached hydrogens (primary N) is 2. The van der Waals surface area contributed by atoms with Gasteiger partial charge in [-0.05, 0) is 28.8 Å². The topological polar surface area (TPSA) is 78.3 Å². The van der Waals surface area contributed by atoms with Crippen LogP contribution in [0.2, 0.25) is 0 Å². The molecule has 0 saturated carbocycles. The quantitative estimate of drug-likeness (QED) is 0.814. The van der Waals surface area contributed by atoms with E-state index in [0.717, 1.165) is 16.7 Å². The van der Waals surface area contributed by atoms with Crippen LogP contribution in [0.3, 0.4) is 0 Å². The number of hydrogen-bond donors (Lipinski definition) is 2. The van der Waals surface area contributed by atoms with Crippen molar-refractivity contribution in [1.82, 2.24) is 0 Å². The highest BCUT2D eigenvalue weighted by molar-refractivity contribution is 5.89. The minimum Gasteiger partial charge on any atom is -0.457 e. The van der Waals surface area contributed by atoms with E-state index >= 15 is 0 Å². The minimum absolute atomic E-state index is 0.252. The van der Waals surface area contributed by atoms with E-state index in [1.54, 1.807) is 12.1 Å². The van der Waals surface area contributed by atoms with E-state index in [9.17, 15) is 4.79 Å². The minimum atomic E-state index is -0.337. The van der Waals surface area contributed by atoms with Gasteiger partial charge in [0.05, 0.1) is 5.56 Å². The van der Waals surface area contributed by atoms with Crippen LogP contribution in [0.1, 0.15) is 27.0 Å². The van der Waals surface area contributed by atoms with Gasteiger partial charge in [0.25, 0.3) is 0 Å². The van der Waals surface area contributed by atoms with E-state index in [1.165, 1.54) is 0 Å². The molecule has 20 heavy (non-hydrogen) atoms. The molecule has 0 aliphatic rings. The van der Waals surface area contributed by atoms with Crippen molar-refractivity contribution in [2.24, 2.45) is 11.5 Å². The Morgan fingerprint density at radius 1 is 0.800 bits per heavy atom. The standard InChI is InChI=1S/C16H18N2O2/c17-9-12-1-3-14(4-2-12)11-20-16(19)15-7-5-13(10-18)6-8-15/h1-8H,9-11,17-18H2. The predicted octanol–water partition coefficient (Wildman–Crippen LogP) is 1.96. The molecule has 0 amide bonds. The summed E-state index contributed by atoms with van der Waals surface area (Å²) in [6.07, 6.45) is 0. The van der Waals surface area contributed by atoms with Crippen LogP contribution in [-0.4, -0.2) is 5.97 Å². The van der Waals surface area contributed by atoms with Gasteiger partial charge < -0.3 is 16.2 Å². The maximum Gasteiger partial charge on any atom is 0.338 e. The van der Waals surface area contributed by atoms with Crippen molar-refractivity contribution in [2.75, 3.05) is 0 Å². The first kappa shape index (κ1) is 14.2. The van der Waals surface area contributed by atoms with Crippen LogP contribution in [0.5, 0.6) is 0 Å². The summed E-state index contributed by atoms with van der Waals surface area (Å²) in [7, 11) is 0. The largest absolute Gasteiger partial charge is 0.457 e. The fourth-order valence-electron chi connectivity index (χ4n) is 1.78. The lowest BCUT2D eigenvalue weighted by molar-refractivity contribution is 0.0472. The molecule has 4 heteroatoms. The van der Waals surface area contributed by atoms with Crippen LogP contribution in [0, 0.1) is 0 Å². The Morgan fingerprint density at radius 2 is 1.25 bits per heavy atom. The maximum absolute atomic E-state index is 11.9. The molecule has 0 aromatic heterocycles. The van der Waals surface area contributed by atoms with E-state index in [4.69, 9.17) is 16.2 Å². The summed E-state index contributed by atoms with van der Waals surface area (Å²) in [5.41, 5.74) is 14.5. The molecule has 104 valence electrons. The normalized spacial score (nSPS) is 10.3. The van der Waals surface area contributed by atoms with Crippen molar-refractivity contribution >= 4 is 5.97 Å². The highest BCUT2D eigenvalue weighted by atomic mass is 16.5. The van der Waals surface area contributed by atoms with Crippen LogP contribution in [0.15, 0.2) is 48.5 Å². The van der Waals surface area contributed by atoms with Crippen LogP contribution in [-0.2, 0) is 24.4 Å². The zero-order chi connectivity index (χ0) is 14.4. The Balaban J connectivity index is 1.93. The van der Waals surface area contributed by atoms with Crippen LogP contribution >= 0.6 is 0 Å². The molecule has 0 heterocycles. The number of carbonyl (C=O) groups excluding carboxylic acids is 1. The van der Waals surface area contributed by atoms with E-state index in [2.05, 4.69) is 0 Å². The molecule has 2 rings (SSSR count). The lowest BCUT2D eigenvalue weighted by Gasteiger charge is -2.06. The Bertz CT molecular complexity index is 562. The highest BCUT2D eigenvalue weighted by Gasteiger charge is 2.07. The second kappa shape index (κ2) is 6.84. The van der Waals surface area contributed by atoms with Crippen LogP contribution < -0.4 is 11.5 Å². The molecule has 0 radical (unpaired) electrons. The van der Waals surface area contributed by atoms with E-state index in [-0.39, 0.29) is 12.6 Å². The molecule has 0 spiro atoms. The first-order valence-corrected chi connectivity index (χ1v) is 6.47. The fourth-order valence-corrected chi connectivity index (χ4v) is 1.78. The average Bonchev–Trinajstić information content (AvgIpc) is 2.53. The highest BCUT2D eigenvalue weighted by Crippen LogP contribution is 2.09. The van der Waals surface area contributed by atoms with Crippen molar-refractivity contribution in [2.45, 2.75) is 19.7 Å². The van der Waals surface area contributed by atoms with Crippen molar-refractivity contribution < 1.29 is 9.53 Å². The van der Waals surface area contributed by atoms with Crippen molar-refractivity contribution in [3.05, 3.63) is 70.8 Å². The number of carbonyl (C=O) groups is 1. The number of ether oxygens (including phenoxy) is 1. The Labute approximate surface area is 118 Å². The molecular formula is C16H18N2O2. The monoisotopic (exact) mass is 270 g/mol. The molecule has 2 aromatic carbocycles. The third-order valence-electron chi connectivity index (χ3n) is 3.05. The molecule has 0 bridgehead atoms. The number of hydrogen-bond acceptors (Lipinski definition) is 4. The van der Waals surface area contributed by atoms with Gasteiger partial charge in [-0.1, -0.05) is 36.4 Å². The summed E-state index contributed by atoms with van der Waals surface area (Å²) in [4.78, 5) is 11.9. The average molecular weight is 270 g/mol. The first-order valence-electron chi connectivity index (χ1n) is 6.47. The molecule has 0 fully saturated rings. The summed E-state index contributed by atoms with van der Waals surface area (Å²) in [6, 6.07) is 14.8. The SMILES string of the molecule is NCc1ccc(COC(=O)c2ccc(CN)cc2)cc1. The Kier molecular flexibility index (Phi) is 4.87. The predicted molar refractivity (Wildman–Crippen MR) is 77.8 cm³/mol. The van der Waals surface area contributed by atoms with Gasteiger partial charge in [0, 0.05) is 13.1 Å². The van der Waals surface area contributed by atoms with E-state index in [1.807, 2.05) is 36.4 Å². The lowest BCUT2D eigenvalue weighted by atomic mass is 10.1. The molecule has 4 N–H and O–H groups in total. The third kappa shape index (κ3) is 3.66. The maximum atomic E-state index is 11.9. The lowest BCUT2D eigenvalue weighted by Crippen LogP contribution is -2.06. The summed E-state index contributed by atoms with van der Waals surface area (Å²) in [5, 5.41) is 0. The van der Waals surface area contributed by atoms with Crippen LogP contribution in [0.25, 0.3) is 0 Å². The molecule has 0 saturated heterocycles. The number of rotatable bonds is 5. The first-order chi connectivity index (χ1) is 9.72. The van der Waals surface area contributed by atoms with E-state index < -0.39 is 0 Å². The molecule has 4 nitrogen and oxygen atoms in total. The Hall–Kier alpha value is -2.17. The van der Waals surface area contributed by atoms with Gasteiger partial charge in [0.1, 0.15) is 6.61 Å². The van der Waals surface area contributed by atoms with Gasteiger partial charge in [-0.25, -0.2) is 4.79 Å². The zero-order valence-electron chi connectivity index (χ0n) is 11.2. The van der Waals surface area contributed by atoms with Gasteiger partial charge in [-0.2, -0.15) is 0 Å². The summed E-state index contributed by atoms with van der Waals surface area (Å²) in [5.74, 6) is -0.337. The summed E-state index contributed by atoms with van der Waals surface area (Å²) < 4.78 is 5.26. The zero-order valence-corrected chi connectivity index (χ0v) is 11.2. The molecule has 0 aliphatic heterocycles. The molecular weight excluding hydrogens is 252 g/mol. The number of benzene rings is 2. The Morgan fingerprint density at radius 3 is 1.75 bits per heavy atom. The molecule has 0 aliphatic carbocycles. The van der Waals surface area contributed by atoms with Crippen LogP contribution in [0.4, 0.5) is 0 Å². The molecule has 0 atom stereocenters. The molecule has 0 unspecified atom stereocenters. The summed E-state index contributed by atoms with van der Waals surface area (Å²) in [6.45, 7) is 1.22. The van der Waals surface area contributed by atoms with E-state index in [0.29, 0.717) is 18.7 Å². The smallest absolute Gasteiger partial charge is 0.338 e. The fraction of sp³-hybridized carbons (Fsp3) is 0.188. The van der Waals surface area contributed by atoms with Crippen molar-refractivity contribution in [3.63, 3.8) is 0 Å². The van der Waals surface area contributed by atoms with Gasteiger partial charge in [0.15, 0.2) is 0 Å². The van der Waals surface area contributed by atoms with Gasteiger partial charge in [-0.15, -0.1) is 0 Å². The number of esters is 1. The van der Waals surface area contributed by atoms with Gasteiger partial charge >= 0.3 is 5.97 Å².